The highest BCUT2D eigenvalue weighted by molar-refractivity contribution is 6.18. The summed E-state index contributed by atoms with van der Waals surface area (Å²) >= 11 is 5.86. The summed E-state index contributed by atoms with van der Waals surface area (Å²) in [6, 6.07) is 0. The second-order valence-electron chi connectivity index (χ2n) is 5.33. The zero-order chi connectivity index (χ0) is 11.6. The van der Waals surface area contributed by atoms with Crippen molar-refractivity contribution in [3.63, 3.8) is 0 Å². The Morgan fingerprint density at radius 3 is 2.44 bits per heavy atom. The van der Waals surface area contributed by atoms with Gasteiger partial charge in [-0.05, 0) is 32.1 Å². The van der Waals surface area contributed by atoms with Crippen LogP contribution in [0, 0.1) is 5.41 Å². The van der Waals surface area contributed by atoms with E-state index in [0.29, 0.717) is 12.3 Å². The monoisotopic (exact) mass is 245 g/mol. The van der Waals surface area contributed by atoms with E-state index in [9.17, 15) is 4.79 Å². The van der Waals surface area contributed by atoms with Crippen LogP contribution in [0.15, 0.2) is 0 Å². The van der Waals surface area contributed by atoms with E-state index in [1.165, 1.54) is 6.42 Å². The average molecular weight is 246 g/mol. The number of hydrogen-bond donors (Lipinski definition) is 1. The molecule has 0 aromatic rings. The summed E-state index contributed by atoms with van der Waals surface area (Å²) in [5, 5.41) is 2.99. The van der Waals surface area contributed by atoms with Gasteiger partial charge in [0.2, 0.25) is 5.91 Å². The quantitative estimate of drug-likeness (QED) is 0.728. The van der Waals surface area contributed by atoms with E-state index >= 15 is 0 Å². The minimum Gasteiger partial charge on any atom is -0.378 e. The second-order valence-corrected chi connectivity index (χ2v) is 5.60. The van der Waals surface area contributed by atoms with Crippen molar-refractivity contribution in [3.8, 4) is 0 Å². The van der Waals surface area contributed by atoms with Crippen LogP contribution in [0.2, 0.25) is 0 Å². The maximum atomic E-state index is 11.8. The van der Waals surface area contributed by atoms with Crippen LogP contribution >= 0.6 is 11.6 Å². The number of methoxy groups -OCH3 is 1. The number of hydrogen-bond acceptors (Lipinski definition) is 2. The molecular weight excluding hydrogens is 226 g/mol. The van der Waals surface area contributed by atoms with Gasteiger partial charge in [-0.2, -0.15) is 0 Å². The van der Waals surface area contributed by atoms with Crippen LogP contribution in [0.4, 0.5) is 0 Å². The number of rotatable bonds is 6. The Labute approximate surface area is 102 Å². The fourth-order valence-electron chi connectivity index (χ4n) is 2.20. The Balaban J connectivity index is 1.72. The van der Waals surface area contributed by atoms with Gasteiger partial charge in [0, 0.05) is 24.9 Å². The van der Waals surface area contributed by atoms with Crippen LogP contribution in [-0.4, -0.2) is 31.0 Å². The van der Waals surface area contributed by atoms with Gasteiger partial charge in [0.15, 0.2) is 0 Å². The summed E-state index contributed by atoms with van der Waals surface area (Å²) in [4.78, 5) is 11.8. The maximum absolute atomic E-state index is 11.8. The van der Waals surface area contributed by atoms with Crippen molar-refractivity contribution in [3.05, 3.63) is 0 Å². The first-order chi connectivity index (χ1) is 7.64. The van der Waals surface area contributed by atoms with E-state index in [-0.39, 0.29) is 16.9 Å². The van der Waals surface area contributed by atoms with Gasteiger partial charge in [-0.1, -0.05) is 0 Å². The largest absolute Gasteiger partial charge is 0.378 e. The summed E-state index contributed by atoms with van der Waals surface area (Å²) < 4.78 is 5.43. The smallest absolute Gasteiger partial charge is 0.222 e. The fourth-order valence-corrected chi connectivity index (χ4v) is 2.56. The molecule has 2 fully saturated rings. The molecule has 4 heteroatoms. The Morgan fingerprint density at radius 2 is 2.06 bits per heavy atom. The molecule has 2 saturated carbocycles. The summed E-state index contributed by atoms with van der Waals surface area (Å²) in [6.45, 7) is 0.731. The molecule has 0 radical (unpaired) electrons. The van der Waals surface area contributed by atoms with Crippen molar-refractivity contribution in [1.82, 2.24) is 5.32 Å². The Hall–Kier alpha value is -0.280. The molecule has 1 amide bonds. The van der Waals surface area contributed by atoms with Crippen molar-refractivity contribution in [2.75, 3.05) is 19.5 Å². The molecule has 92 valence electrons. The Kier molecular flexibility index (Phi) is 3.45. The normalized spacial score (nSPS) is 24.6. The number of amides is 1. The van der Waals surface area contributed by atoms with Gasteiger partial charge in [-0.15, -0.1) is 11.6 Å². The molecule has 2 rings (SSSR count). The van der Waals surface area contributed by atoms with Crippen molar-refractivity contribution in [2.45, 2.75) is 44.1 Å². The van der Waals surface area contributed by atoms with E-state index in [2.05, 4.69) is 5.32 Å². The van der Waals surface area contributed by atoms with Crippen LogP contribution in [0.3, 0.4) is 0 Å². The SMILES string of the molecule is COC1(CC(=O)NCC2(CCl)CC2)CCC1. The highest BCUT2D eigenvalue weighted by atomic mass is 35.5. The molecule has 3 nitrogen and oxygen atoms in total. The molecule has 0 saturated heterocycles. The molecule has 2 aliphatic carbocycles. The van der Waals surface area contributed by atoms with E-state index in [0.717, 1.165) is 32.2 Å². The molecule has 0 unspecified atom stereocenters. The zero-order valence-electron chi connectivity index (χ0n) is 9.85. The Morgan fingerprint density at radius 1 is 1.38 bits per heavy atom. The van der Waals surface area contributed by atoms with E-state index in [4.69, 9.17) is 16.3 Å². The molecule has 0 aromatic heterocycles. The summed E-state index contributed by atoms with van der Waals surface area (Å²) in [5.74, 6) is 0.765. The van der Waals surface area contributed by atoms with Crippen molar-refractivity contribution in [2.24, 2.45) is 5.41 Å². The first kappa shape index (κ1) is 12.2. The lowest BCUT2D eigenvalue weighted by Crippen LogP contribution is -2.44. The maximum Gasteiger partial charge on any atom is 0.222 e. The lowest BCUT2D eigenvalue weighted by molar-refractivity contribution is -0.134. The standard InChI is InChI=1S/C12H20ClNO2/c1-16-12(3-2-4-12)7-10(15)14-9-11(8-13)5-6-11/h2-9H2,1H3,(H,14,15). The van der Waals surface area contributed by atoms with Crippen molar-refractivity contribution in [1.29, 1.82) is 0 Å². The third-order valence-electron chi connectivity index (χ3n) is 4.08. The molecule has 0 spiro atoms. The summed E-state index contributed by atoms with van der Waals surface area (Å²) in [5.41, 5.74) is 0.0405. The second kappa shape index (κ2) is 4.53. The average Bonchev–Trinajstić information content (AvgIpc) is 3.01. The molecular formula is C12H20ClNO2. The van der Waals surface area contributed by atoms with Crippen LogP contribution < -0.4 is 5.32 Å². The number of ether oxygens (including phenoxy) is 1. The highest BCUT2D eigenvalue weighted by Gasteiger charge is 2.43. The number of halogens is 1. The minimum atomic E-state index is -0.165. The first-order valence-electron chi connectivity index (χ1n) is 6.02. The van der Waals surface area contributed by atoms with Gasteiger partial charge in [-0.3, -0.25) is 4.79 Å². The zero-order valence-corrected chi connectivity index (χ0v) is 10.6. The van der Waals surface area contributed by atoms with Gasteiger partial charge >= 0.3 is 0 Å². The summed E-state index contributed by atoms with van der Waals surface area (Å²) in [6.07, 6.45) is 5.99. The predicted molar refractivity (Wildman–Crippen MR) is 63.6 cm³/mol. The topological polar surface area (TPSA) is 38.3 Å². The number of carbonyl (C=O) groups is 1. The van der Waals surface area contributed by atoms with Crippen molar-refractivity contribution < 1.29 is 9.53 Å². The highest BCUT2D eigenvalue weighted by Crippen LogP contribution is 2.46. The van der Waals surface area contributed by atoms with E-state index in [1.54, 1.807) is 7.11 Å². The third kappa shape index (κ3) is 2.51. The number of nitrogens with one attached hydrogen (secondary N) is 1. The molecule has 0 bridgehead atoms. The van der Waals surface area contributed by atoms with Crippen LogP contribution in [0.1, 0.15) is 38.5 Å². The summed E-state index contributed by atoms with van der Waals surface area (Å²) in [7, 11) is 1.70. The third-order valence-corrected chi connectivity index (χ3v) is 4.65. The molecule has 1 N–H and O–H groups in total. The van der Waals surface area contributed by atoms with Gasteiger partial charge < -0.3 is 10.1 Å². The predicted octanol–water partition coefficient (Wildman–Crippen LogP) is 2.08. The van der Waals surface area contributed by atoms with Crippen molar-refractivity contribution >= 4 is 17.5 Å². The Bertz CT molecular complexity index is 267. The number of carbonyl (C=O) groups excluding carboxylic acids is 1. The molecule has 0 aliphatic heterocycles. The minimum absolute atomic E-state index is 0.109. The van der Waals surface area contributed by atoms with Crippen LogP contribution in [0.5, 0.6) is 0 Å². The lowest BCUT2D eigenvalue weighted by Gasteiger charge is -2.40. The molecule has 0 aromatic carbocycles. The van der Waals surface area contributed by atoms with Gasteiger partial charge in [0.05, 0.1) is 12.0 Å². The molecule has 2 aliphatic rings. The van der Waals surface area contributed by atoms with Crippen LogP contribution in [0.25, 0.3) is 0 Å². The first-order valence-corrected chi connectivity index (χ1v) is 6.55. The van der Waals surface area contributed by atoms with Crippen LogP contribution in [-0.2, 0) is 9.53 Å². The number of alkyl halides is 1. The van der Waals surface area contributed by atoms with Gasteiger partial charge in [0.1, 0.15) is 0 Å². The van der Waals surface area contributed by atoms with E-state index in [1.807, 2.05) is 0 Å². The molecule has 16 heavy (non-hydrogen) atoms. The van der Waals surface area contributed by atoms with Gasteiger partial charge in [-0.25, -0.2) is 0 Å². The van der Waals surface area contributed by atoms with E-state index < -0.39 is 0 Å². The molecule has 0 heterocycles. The lowest BCUT2D eigenvalue weighted by atomic mass is 9.77. The molecule has 0 atom stereocenters. The fraction of sp³-hybridized carbons (Fsp3) is 0.917. The van der Waals surface area contributed by atoms with Gasteiger partial charge in [0.25, 0.3) is 0 Å².